The zero-order valence-corrected chi connectivity index (χ0v) is 11.4. The van der Waals surface area contributed by atoms with Crippen LogP contribution >= 0.6 is 31.9 Å². The molecule has 16 heavy (non-hydrogen) atoms. The van der Waals surface area contributed by atoms with E-state index in [1.165, 1.54) is 0 Å². The Morgan fingerprint density at radius 2 is 1.12 bits per heavy atom. The van der Waals surface area contributed by atoms with Gasteiger partial charge in [-0.15, -0.1) is 0 Å². The maximum absolute atomic E-state index is 8.16. The fourth-order valence-corrected chi connectivity index (χ4v) is 2.78. The smallest absolute Gasteiger partial charge is 0.0697 e. The molecule has 2 aromatic rings. The van der Waals surface area contributed by atoms with Crippen molar-refractivity contribution in [1.29, 1.82) is 5.41 Å². The number of rotatable bonds is 0. The van der Waals surface area contributed by atoms with E-state index in [0.717, 1.165) is 31.2 Å². The first-order chi connectivity index (χ1) is 7.66. The van der Waals surface area contributed by atoms with Crippen LogP contribution in [-0.4, -0.2) is 5.71 Å². The van der Waals surface area contributed by atoms with Crippen molar-refractivity contribution in [3.63, 3.8) is 0 Å². The van der Waals surface area contributed by atoms with Crippen molar-refractivity contribution >= 4 is 37.6 Å². The first kappa shape index (κ1) is 10.2. The minimum Gasteiger partial charge on any atom is -0.300 e. The Morgan fingerprint density at radius 1 is 0.688 bits per heavy atom. The number of hydrogen-bond acceptors (Lipinski definition) is 1. The molecule has 0 aromatic heterocycles. The third-order valence-corrected chi connectivity index (χ3v) is 3.78. The van der Waals surface area contributed by atoms with Gasteiger partial charge >= 0.3 is 0 Å². The van der Waals surface area contributed by atoms with Crippen molar-refractivity contribution < 1.29 is 0 Å². The molecule has 0 heterocycles. The summed E-state index contributed by atoms with van der Waals surface area (Å²) in [6.45, 7) is 0. The number of halogens is 2. The van der Waals surface area contributed by atoms with E-state index in [1.807, 2.05) is 24.3 Å². The second-order valence-corrected chi connectivity index (χ2v) is 5.59. The molecule has 3 rings (SSSR count). The molecule has 0 amide bonds. The normalized spacial score (nSPS) is 12.5. The van der Waals surface area contributed by atoms with Gasteiger partial charge < -0.3 is 0 Å². The van der Waals surface area contributed by atoms with Gasteiger partial charge in [0, 0.05) is 20.1 Å². The van der Waals surface area contributed by atoms with Crippen molar-refractivity contribution in [3.8, 4) is 11.1 Å². The zero-order valence-electron chi connectivity index (χ0n) is 8.22. The summed E-state index contributed by atoms with van der Waals surface area (Å²) in [5, 5.41) is 8.16. The standard InChI is InChI=1S/C13H7Br2N/c14-7-1-3-9-10-4-2-8(15)6-12(10)13(16)11(9)5-7/h1-6,16H. The molecule has 1 aliphatic carbocycles. The Kier molecular flexibility index (Phi) is 2.26. The van der Waals surface area contributed by atoms with Gasteiger partial charge in [0.1, 0.15) is 0 Å². The van der Waals surface area contributed by atoms with Gasteiger partial charge in [-0.3, -0.25) is 5.41 Å². The van der Waals surface area contributed by atoms with E-state index in [0.29, 0.717) is 5.71 Å². The highest BCUT2D eigenvalue weighted by Crippen LogP contribution is 2.38. The van der Waals surface area contributed by atoms with E-state index in [2.05, 4.69) is 44.0 Å². The van der Waals surface area contributed by atoms with Crippen molar-refractivity contribution in [3.05, 3.63) is 56.5 Å². The van der Waals surface area contributed by atoms with Crippen LogP contribution in [0.25, 0.3) is 11.1 Å². The third-order valence-electron chi connectivity index (χ3n) is 2.79. The highest BCUT2D eigenvalue weighted by molar-refractivity contribution is 9.10. The first-order valence-corrected chi connectivity index (χ1v) is 6.44. The molecule has 0 saturated carbocycles. The van der Waals surface area contributed by atoms with Gasteiger partial charge in [0.2, 0.25) is 0 Å². The lowest BCUT2D eigenvalue weighted by Gasteiger charge is -2.00. The Hall–Kier alpha value is -0.930. The summed E-state index contributed by atoms with van der Waals surface area (Å²) in [6.07, 6.45) is 0. The van der Waals surface area contributed by atoms with Crippen LogP contribution in [0, 0.1) is 5.41 Å². The van der Waals surface area contributed by atoms with E-state index in [9.17, 15) is 0 Å². The Labute approximate surface area is 110 Å². The molecule has 0 radical (unpaired) electrons. The molecule has 0 unspecified atom stereocenters. The largest absolute Gasteiger partial charge is 0.300 e. The van der Waals surface area contributed by atoms with Gasteiger partial charge in [-0.25, -0.2) is 0 Å². The van der Waals surface area contributed by atoms with Gasteiger partial charge in [0.15, 0.2) is 0 Å². The van der Waals surface area contributed by atoms with E-state index in [-0.39, 0.29) is 0 Å². The molecule has 1 N–H and O–H groups in total. The molecule has 3 heteroatoms. The van der Waals surface area contributed by atoms with Crippen molar-refractivity contribution in [2.24, 2.45) is 0 Å². The van der Waals surface area contributed by atoms with Gasteiger partial charge in [0.25, 0.3) is 0 Å². The number of benzene rings is 2. The van der Waals surface area contributed by atoms with Crippen LogP contribution in [0.15, 0.2) is 45.3 Å². The summed E-state index contributed by atoms with van der Waals surface area (Å²) in [7, 11) is 0. The molecule has 0 aliphatic heterocycles. The lowest BCUT2D eigenvalue weighted by molar-refractivity contribution is 1.49. The van der Waals surface area contributed by atoms with E-state index in [1.54, 1.807) is 0 Å². The fraction of sp³-hybridized carbons (Fsp3) is 0. The maximum Gasteiger partial charge on any atom is 0.0697 e. The Balaban J connectivity index is 2.34. The molecular formula is C13H7Br2N. The topological polar surface area (TPSA) is 23.9 Å². The van der Waals surface area contributed by atoms with Crippen molar-refractivity contribution in [2.45, 2.75) is 0 Å². The molecule has 1 nitrogen and oxygen atoms in total. The molecule has 0 spiro atoms. The molecule has 0 fully saturated rings. The second kappa shape index (κ2) is 3.54. The van der Waals surface area contributed by atoms with Gasteiger partial charge in [-0.05, 0) is 35.4 Å². The van der Waals surface area contributed by atoms with Crippen LogP contribution in [0.1, 0.15) is 11.1 Å². The summed E-state index contributed by atoms with van der Waals surface area (Å²) in [4.78, 5) is 0. The highest BCUT2D eigenvalue weighted by atomic mass is 79.9. The predicted octanol–water partition coefficient (Wildman–Crippen LogP) is 4.61. The molecule has 1 aliphatic rings. The summed E-state index contributed by atoms with van der Waals surface area (Å²) in [6, 6.07) is 12.2. The van der Waals surface area contributed by atoms with Gasteiger partial charge in [-0.2, -0.15) is 0 Å². The molecule has 2 aromatic carbocycles. The Morgan fingerprint density at radius 3 is 1.56 bits per heavy atom. The summed E-state index contributed by atoms with van der Waals surface area (Å²) in [5.41, 5.74) is 4.91. The van der Waals surface area contributed by atoms with Crippen molar-refractivity contribution in [2.75, 3.05) is 0 Å². The summed E-state index contributed by atoms with van der Waals surface area (Å²) >= 11 is 6.89. The first-order valence-electron chi connectivity index (χ1n) is 4.85. The molecule has 0 saturated heterocycles. The zero-order chi connectivity index (χ0) is 11.3. The predicted molar refractivity (Wildman–Crippen MR) is 73.2 cm³/mol. The lowest BCUT2D eigenvalue weighted by atomic mass is 10.1. The van der Waals surface area contributed by atoms with Gasteiger partial charge in [0.05, 0.1) is 5.71 Å². The van der Waals surface area contributed by atoms with Crippen LogP contribution in [0.5, 0.6) is 0 Å². The quantitative estimate of drug-likeness (QED) is 0.620. The average Bonchev–Trinajstić information content (AvgIpc) is 2.53. The monoisotopic (exact) mass is 335 g/mol. The SMILES string of the molecule is N=C1c2cc(Br)ccc2-c2ccc(Br)cc21. The number of nitrogens with one attached hydrogen (secondary N) is 1. The molecule has 78 valence electrons. The molecular weight excluding hydrogens is 330 g/mol. The fourth-order valence-electron chi connectivity index (χ4n) is 2.06. The van der Waals surface area contributed by atoms with Gasteiger partial charge in [-0.1, -0.05) is 44.0 Å². The minimum absolute atomic E-state index is 0.604. The number of fused-ring (bicyclic) bond motifs is 3. The highest BCUT2D eigenvalue weighted by Gasteiger charge is 2.23. The van der Waals surface area contributed by atoms with E-state index in [4.69, 9.17) is 5.41 Å². The molecule has 0 atom stereocenters. The number of hydrogen-bond donors (Lipinski definition) is 1. The van der Waals surface area contributed by atoms with E-state index >= 15 is 0 Å². The van der Waals surface area contributed by atoms with Crippen LogP contribution in [0.3, 0.4) is 0 Å². The van der Waals surface area contributed by atoms with Crippen molar-refractivity contribution in [1.82, 2.24) is 0 Å². The van der Waals surface area contributed by atoms with Crippen LogP contribution in [0.4, 0.5) is 0 Å². The third kappa shape index (κ3) is 1.39. The van der Waals surface area contributed by atoms with Crippen LogP contribution in [0.2, 0.25) is 0 Å². The van der Waals surface area contributed by atoms with E-state index < -0.39 is 0 Å². The maximum atomic E-state index is 8.16. The Bertz CT molecular complexity index is 564. The molecule has 0 bridgehead atoms. The van der Waals surface area contributed by atoms with Crippen LogP contribution < -0.4 is 0 Å². The summed E-state index contributed by atoms with van der Waals surface area (Å²) < 4.78 is 2.03. The summed E-state index contributed by atoms with van der Waals surface area (Å²) in [5.74, 6) is 0. The lowest BCUT2D eigenvalue weighted by Crippen LogP contribution is -1.94. The van der Waals surface area contributed by atoms with Crippen LogP contribution in [-0.2, 0) is 0 Å². The average molecular weight is 337 g/mol. The second-order valence-electron chi connectivity index (χ2n) is 3.75. The minimum atomic E-state index is 0.604.